The van der Waals surface area contributed by atoms with Gasteiger partial charge in [-0.15, -0.1) is 0 Å². The number of methoxy groups -OCH3 is 2. The lowest BCUT2D eigenvalue weighted by Gasteiger charge is -2.07. The van der Waals surface area contributed by atoms with E-state index in [-0.39, 0.29) is 5.57 Å². The van der Waals surface area contributed by atoms with Gasteiger partial charge in [-0.2, -0.15) is 5.26 Å². The monoisotopic (exact) mass is 336 g/mol. The molecule has 2 rings (SSSR count). The largest absolute Gasteiger partial charge is 0.497 e. The highest BCUT2D eigenvalue weighted by Crippen LogP contribution is 2.20. The predicted octanol–water partition coefficient (Wildman–Crippen LogP) is 3.24. The van der Waals surface area contributed by atoms with Gasteiger partial charge in [0.15, 0.2) is 0 Å². The lowest BCUT2D eigenvalue weighted by atomic mass is 10.1. The first kappa shape index (κ1) is 18.1. The average molecular weight is 336 g/mol. The van der Waals surface area contributed by atoms with E-state index in [9.17, 15) is 10.1 Å². The van der Waals surface area contributed by atoms with Crippen LogP contribution < -0.4 is 14.8 Å². The Bertz CT molecular complexity index is 818. The van der Waals surface area contributed by atoms with Gasteiger partial charge in [-0.1, -0.05) is 18.2 Å². The number of amides is 1. The van der Waals surface area contributed by atoms with Crippen LogP contribution in [0.2, 0.25) is 0 Å². The van der Waals surface area contributed by atoms with Gasteiger partial charge in [-0.3, -0.25) is 4.79 Å². The molecule has 0 fully saturated rings. The summed E-state index contributed by atoms with van der Waals surface area (Å²) in [5, 5.41) is 12.0. The number of benzene rings is 2. The van der Waals surface area contributed by atoms with Crippen LogP contribution in [0, 0.1) is 18.3 Å². The maximum Gasteiger partial charge on any atom is 0.262 e. The van der Waals surface area contributed by atoms with Crippen LogP contribution in [-0.4, -0.2) is 20.1 Å². The minimum absolute atomic E-state index is 0.0538. The molecule has 0 aromatic heterocycles. The summed E-state index contributed by atoms with van der Waals surface area (Å²) in [4.78, 5) is 12.2. The zero-order chi connectivity index (χ0) is 18.2. The SMILES string of the molecule is COc1ccc(CNC(=O)/C(C#N)=C\c2ccc(OC)c(C)c2)cc1. The zero-order valence-corrected chi connectivity index (χ0v) is 14.5. The Hall–Kier alpha value is -3.26. The molecule has 0 atom stereocenters. The van der Waals surface area contributed by atoms with Gasteiger partial charge in [0.05, 0.1) is 14.2 Å². The van der Waals surface area contributed by atoms with Gasteiger partial charge in [-0.05, 0) is 54.0 Å². The highest BCUT2D eigenvalue weighted by molar-refractivity contribution is 6.01. The van der Waals surface area contributed by atoms with Crippen LogP contribution in [0.15, 0.2) is 48.0 Å². The van der Waals surface area contributed by atoms with E-state index < -0.39 is 5.91 Å². The van der Waals surface area contributed by atoms with E-state index in [2.05, 4.69) is 5.32 Å². The maximum absolute atomic E-state index is 12.2. The van der Waals surface area contributed by atoms with E-state index >= 15 is 0 Å². The van der Waals surface area contributed by atoms with Crippen LogP contribution in [0.3, 0.4) is 0 Å². The van der Waals surface area contributed by atoms with Crippen molar-refractivity contribution in [3.05, 3.63) is 64.7 Å². The number of carbonyl (C=O) groups excluding carboxylic acids is 1. The van der Waals surface area contributed by atoms with E-state index in [1.54, 1.807) is 26.4 Å². The van der Waals surface area contributed by atoms with Crippen LogP contribution in [0.1, 0.15) is 16.7 Å². The predicted molar refractivity (Wildman–Crippen MR) is 96.2 cm³/mol. The summed E-state index contributed by atoms with van der Waals surface area (Å²) in [6, 6.07) is 14.8. The zero-order valence-electron chi connectivity index (χ0n) is 14.5. The molecule has 0 aliphatic rings. The molecule has 5 nitrogen and oxygen atoms in total. The van der Waals surface area contributed by atoms with Crippen molar-refractivity contribution in [1.82, 2.24) is 5.32 Å². The third kappa shape index (κ3) is 4.85. The molecule has 25 heavy (non-hydrogen) atoms. The quantitative estimate of drug-likeness (QED) is 0.649. The number of nitrogens with one attached hydrogen (secondary N) is 1. The van der Waals surface area contributed by atoms with Crippen molar-refractivity contribution in [2.24, 2.45) is 0 Å². The lowest BCUT2D eigenvalue weighted by Crippen LogP contribution is -2.23. The van der Waals surface area contributed by atoms with Crippen LogP contribution in [0.5, 0.6) is 11.5 Å². The number of hydrogen-bond acceptors (Lipinski definition) is 4. The first-order chi connectivity index (χ1) is 12.1. The molecule has 0 unspecified atom stereocenters. The van der Waals surface area contributed by atoms with Crippen molar-refractivity contribution >= 4 is 12.0 Å². The highest BCUT2D eigenvalue weighted by Gasteiger charge is 2.09. The third-order valence-corrected chi connectivity index (χ3v) is 3.71. The van der Waals surface area contributed by atoms with Gasteiger partial charge < -0.3 is 14.8 Å². The molecule has 128 valence electrons. The van der Waals surface area contributed by atoms with E-state index in [1.165, 1.54) is 0 Å². The molecule has 0 aliphatic heterocycles. The van der Waals surface area contributed by atoms with Gasteiger partial charge in [-0.25, -0.2) is 0 Å². The van der Waals surface area contributed by atoms with Crippen LogP contribution in [0.4, 0.5) is 0 Å². The maximum atomic E-state index is 12.2. The summed E-state index contributed by atoms with van der Waals surface area (Å²) in [6.45, 7) is 2.25. The van der Waals surface area contributed by atoms with Crippen molar-refractivity contribution in [3.63, 3.8) is 0 Å². The second-order valence-corrected chi connectivity index (χ2v) is 5.43. The fraction of sp³-hybridized carbons (Fsp3) is 0.200. The Morgan fingerprint density at radius 2 is 1.88 bits per heavy atom. The topological polar surface area (TPSA) is 71.3 Å². The molecule has 0 saturated carbocycles. The van der Waals surface area contributed by atoms with Crippen molar-refractivity contribution in [3.8, 4) is 17.6 Å². The van der Waals surface area contributed by atoms with Gasteiger partial charge in [0.2, 0.25) is 0 Å². The number of rotatable bonds is 6. The molecule has 2 aromatic rings. The normalized spacial score (nSPS) is 10.7. The highest BCUT2D eigenvalue weighted by atomic mass is 16.5. The molecular weight excluding hydrogens is 316 g/mol. The van der Waals surface area contributed by atoms with E-state index in [0.29, 0.717) is 6.54 Å². The first-order valence-corrected chi connectivity index (χ1v) is 7.75. The van der Waals surface area contributed by atoms with Crippen molar-refractivity contribution < 1.29 is 14.3 Å². The Morgan fingerprint density at radius 3 is 2.44 bits per heavy atom. The van der Waals surface area contributed by atoms with Gasteiger partial charge in [0, 0.05) is 6.54 Å². The van der Waals surface area contributed by atoms with Crippen molar-refractivity contribution in [2.75, 3.05) is 14.2 Å². The van der Waals surface area contributed by atoms with Gasteiger partial charge >= 0.3 is 0 Å². The molecule has 0 spiro atoms. The van der Waals surface area contributed by atoms with E-state index in [1.807, 2.05) is 49.4 Å². The molecule has 0 radical (unpaired) electrons. The smallest absolute Gasteiger partial charge is 0.262 e. The van der Waals surface area contributed by atoms with Crippen molar-refractivity contribution in [1.29, 1.82) is 5.26 Å². The van der Waals surface area contributed by atoms with E-state index in [0.717, 1.165) is 28.2 Å². The fourth-order valence-corrected chi connectivity index (χ4v) is 2.33. The Labute approximate surface area is 147 Å². The summed E-state index contributed by atoms with van der Waals surface area (Å²) in [7, 11) is 3.20. The van der Waals surface area contributed by atoms with Crippen molar-refractivity contribution in [2.45, 2.75) is 13.5 Å². The van der Waals surface area contributed by atoms with Crippen LogP contribution in [0.25, 0.3) is 6.08 Å². The molecule has 1 amide bonds. The second-order valence-electron chi connectivity index (χ2n) is 5.43. The molecule has 0 saturated heterocycles. The number of hydrogen-bond donors (Lipinski definition) is 1. The minimum Gasteiger partial charge on any atom is -0.497 e. The van der Waals surface area contributed by atoms with Crippen LogP contribution in [-0.2, 0) is 11.3 Å². The van der Waals surface area contributed by atoms with Crippen LogP contribution >= 0.6 is 0 Å². The average Bonchev–Trinajstić information content (AvgIpc) is 2.64. The number of ether oxygens (including phenoxy) is 2. The number of nitrogens with zero attached hydrogens (tertiary/aromatic N) is 1. The first-order valence-electron chi connectivity index (χ1n) is 7.75. The second kappa shape index (κ2) is 8.55. The standard InChI is InChI=1S/C20H20N2O3/c1-14-10-16(6-9-19(14)25-3)11-17(12-21)20(23)22-13-15-4-7-18(24-2)8-5-15/h4-11H,13H2,1-3H3,(H,22,23)/b17-11-. The fourth-order valence-electron chi connectivity index (χ4n) is 2.33. The summed E-state index contributed by atoms with van der Waals surface area (Å²) in [6.07, 6.45) is 1.57. The summed E-state index contributed by atoms with van der Waals surface area (Å²) < 4.78 is 10.3. The molecule has 0 heterocycles. The number of nitriles is 1. The molecule has 5 heteroatoms. The Morgan fingerprint density at radius 1 is 1.16 bits per heavy atom. The van der Waals surface area contributed by atoms with Gasteiger partial charge in [0.25, 0.3) is 5.91 Å². The third-order valence-electron chi connectivity index (χ3n) is 3.71. The molecule has 2 aromatic carbocycles. The molecule has 1 N–H and O–H groups in total. The van der Waals surface area contributed by atoms with Gasteiger partial charge in [0.1, 0.15) is 23.1 Å². The summed E-state index contributed by atoms with van der Waals surface area (Å²) in [5.41, 5.74) is 2.69. The van der Waals surface area contributed by atoms with E-state index in [4.69, 9.17) is 9.47 Å². The molecule has 0 bridgehead atoms. The Kier molecular flexibility index (Phi) is 6.19. The Balaban J connectivity index is 2.07. The minimum atomic E-state index is -0.410. The lowest BCUT2D eigenvalue weighted by molar-refractivity contribution is -0.117. The summed E-state index contributed by atoms with van der Waals surface area (Å²) in [5.74, 6) is 1.11. The molecular formula is C20H20N2O3. The summed E-state index contributed by atoms with van der Waals surface area (Å²) >= 11 is 0. The molecule has 0 aliphatic carbocycles. The number of aryl methyl sites for hydroxylation is 1. The number of carbonyl (C=O) groups is 1.